The van der Waals surface area contributed by atoms with Crippen LogP contribution < -0.4 is 0 Å². The summed E-state index contributed by atoms with van der Waals surface area (Å²) >= 11 is 0. The first-order chi connectivity index (χ1) is 11.6. The molecule has 4 rings (SSSR count). The van der Waals surface area contributed by atoms with Gasteiger partial charge in [0.2, 0.25) is 0 Å². The number of Topliss-reactive ketones (excluding diaryl/α,β-unsaturated/α-hetero) is 2. The second-order valence-corrected chi connectivity index (χ2v) is 8.01. The molecule has 4 nitrogen and oxygen atoms in total. The highest BCUT2D eigenvalue weighted by Gasteiger charge is 2.68. The Balaban J connectivity index is 1.34. The molecule has 0 aliphatic heterocycles. The van der Waals surface area contributed by atoms with Gasteiger partial charge in [-0.15, -0.1) is 0 Å². The lowest BCUT2D eigenvalue weighted by Gasteiger charge is -2.33. The fourth-order valence-corrected chi connectivity index (χ4v) is 5.86. The van der Waals surface area contributed by atoms with Crippen molar-refractivity contribution in [3.63, 3.8) is 0 Å². The lowest BCUT2D eigenvalue weighted by Crippen LogP contribution is -2.32. The predicted molar refractivity (Wildman–Crippen MR) is 87.9 cm³/mol. The number of ketones is 2. The van der Waals surface area contributed by atoms with Crippen molar-refractivity contribution >= 4 is 17.5 Å². The Labute approximate surface area is 143 Å². The van der Waals surface area contributed by atoms with Crippen molar-refractivity contribution in [2.45, 2.75) is 45.4 Å². The van der Waals surface area contributed by atoms with Gasteiger partial charge in [-0.25, -0.2) is 0 Å². The molecule has 24 heavy (non-hydrogen) atoms. The maximum Gasteiger partial charge on any atom is 0.306 e. The summed E-state index contributed by atoms with van der Waals surface area (Å²) < 4.78 is 5.36. The minimum Gasteiger partial charge on any atom is -0.466 e. The van der Waals surface area contributed by atoms with Gasteiger partial charge in [0.1, 0.15) is 11.6 Å². The number of unbranched alkanes of at least 4 members (excludes halogenated alkanes) is 3. The van der Waals surface area contributed by atoms with Gasteiger partial charge in [0, 0.05) is 30.1 Å². The van der Waals surface area contributed by atoms with Gasteiger partial charge in [0.05, 0.1) is 6.61 Å². The van der Waals surface area contributed by atoms with Crippen molar-refractivity contribution in [2.24, 2.45) is 41.4 Å². The molecule has 0 radical (unpaired) electrons. The molecular weight excluding hydrogens is 304 g/mol. The first kappa shape index (κ1) is 16.0. The van der Waals surface area contributed by atoms with Crippen LogP contribution in [-0.4, -0.2) is 24.1 Å². The molecule has 3 fully saturated rings. The minimum absolute atomic E-state index is 0.00579. The number of carbonyl (C=O) groups excluding carboxylic acids is 3. The van der Waals surface area contributed by atoms with Crippen molar-refractivity contribution in [2.75, 3.05) is 6.61 Å². The van der Waals surface area contributed by atoms with Crippen molar-refractivity contribution in [3.8, 4) is 0 Å². The van der Waals surface area contributed by atoms with E-state index in [-0.39, 0.29) is 47.4 Å². The molecule has 0 amide bonds. The van der Waals surface area contributed by atoms with E-state index in [2.05, 4.69) is 6.92 Å². The maximum atomic E-state index is 12.6. The Morgan fingerprint density at radius 3 is 2.58 bits per heavy atom. The number of carbonyl (C=O) groups is 3. The van der Waals surface area contributed by atoms with Crippen LogP contribution in [0.5, 0.6) is 0 Å². The van der Waals surface area contributed by atoms with Gasteiger partial charge in [0.25, 0.3) is 0 Å². The number of hydrogen-bond donors (Lipinski definition) is 0. The highest BCUT2D eigenvalue weighted by molar-refractivity contribution is 5.99. The van der Waals surface area contributed by atoms with E-state index in [1.165, 1.54) is 12.8 Å². The van der Waals surface area contributed by atoms with E-state index in [0.29, 0.717) is 24.6 Å². The fraction of sp³-hybridized carbons (Fsp3) is 0.750. The van der Waals surface area contributed by atoms with E-state index in [0.717, 1.165) is 19.3 Å². The first-order valence-corrected chi connectivity index (χ1v) is 9.55. The Hall–Kier alpha value is -1.45. The number of fused-ring (bicyclic) bond motifs is 9. The third kappa shape index (κ3) is 2.29. The number of allylic oxidation sites excluding steroid dienone is 2. The van der Waals surface area contributed by atoms with Crippen LogP contribution in [0.3, 0.4) is 0 Å². The van der Waals surface area contributed by atoms with Gasteiger partial charge < -0.3 is 4.74 Å². The molecule has 130 valence electrons. The largest absolute Gasteiger partial charge is 0.466 e. The average molecular weight is 330 g/mol. The summed E-state index contributed by atoms with van der Waals surface area (Å²) in [7, 11) is 0. The second-order valence-electron chi connectivity index (χ2n) is 8.01. The lowest BCUT2D eigenvalue weighted by atomic mass is 9.69. The lowest BCUT2D eigenvalue weighted by molar-refractivity contribution is -0.145. The van der Waals surface area contributed by atoms with Crippen LogP contribution >= 0.6 is 0 Å². The Morgan fingerprint density at radius 2 is 1.83 bits per heavy atom. The van der Waals surface area contributed by atoms with Crippen molar-refractivity contribution < 1.29 is 19.1 Å². The molecule has 4 aliphatic rings. The summed E-state index contributed by atoms with van der Waals surface area (Å²) in [6, 6.07) is 0. The Kier molecular flexibility index (Phi) is 4.09. The van der Waals surface area contributed by atoms with Crippen molar-refractivity contribution in [1.82, 2.24) is 0 Å². The van der Waals surface area contributed by atoms with Gasteiger partial charge in [-0.3, -0.25) is 14.4 Å². The SMILES string of the molecule is CCCCCCOC(=O)CC1CC2C(=O)C1C1C3C=CC(C3=O)C21. The van der Waals surface area contributed by atoms with Crippen LogP contribution in [-0.2, 0) is 19.1 Å². The molecule has 0 aromatic heterocycles. The third-order valence-electron chi connectivity index (χ3n) is 6.78. The molecule has 0 aromatic carbocycles. The Bertz CT molecular complexity index is 592. The van der Waals surface area contributed by atoms with E-state index in [9.17, 15) is 14.4 Å². The number of esters is 1. The molecule has 7 unspecified atom stereocenters. The number of rotatable bonds is 7. The predicted octanol–water partition coefficient (Wildman–Crippen LogP) is 2.95. The maximum absolute atomic E-state index is 12.6. The highest BCUT2D eigenvalue weighted by Crippen LogP contribution is 2.64. The molecule has 0 aromatic rings. The summed E-state index contributed by atoms with van der Waals surface area (Å²) in [5, 5.41) is 0. The number of ether oxygens (including phenoxy) is 1. The average Bonchev–Trinajstić information content (AvgIpc) is 3.24. The van der Waals surface area contributed by atoms with Crippen LogP contribution in [0, 0.1) is 41.4 Å². The highest BCUT2D eigenvalue weighted by atomic mass is 16.5. The first-order valence-electron chi connectivity index (χ1n) is 9.55. The minimum atomic E-state index is -0.168. The van der Waals surface area contributed by atoms with E-state index in [4.69, 9.17) is 4.74 Å². The topological polar surface area (TPSA) is 60.4 Å². The van der Waals surface area contributed by atoms with Crippen LogP contribution in [0.15, 0.2) is 12.2 Å². The van der Waals surface area contributed by atoms with E-state index in [1.54, 1.807) is 0 Å². The summed E-state index contributed by atoms with van der Waals surface area (Å²) in [6.07, 6.45) is 9.50. The molecule has 4 heteroatoms. The van der Waals surface area contributed by atoms with Gasteiger partial charge in [0.15, 0.2) is 0 Å². The van der Waals surface area contributed by atoms with E-state index in [1.807, 2.05) is 12.2 Å². The van der Waals surface area contributed by atoms with Gasteiger partial charge in [-0.2, -0.15) is 0 Å². The van der Waals surface area contributed by atoms with E-state index >= 15 is 0 Å². The van der Waals surface area contributed by atoms with E-state index < -0.39 is 0 Å². The summed E-state index contributed by atoms with van der Waals surface area (Å²) in [5.41, 5.74) is 0. The summed E-state index contributed by atoms with van der Waals surface area (Å²) in [4.78, 5) is 37.1. The monoisotopic (exact) mass is 330 g/mol. The van der Waals surface area contributed by atoms with Crippen molar-refractivity contribution in [3.05, 3.63) is 12.2 Å². The van der Waals surface area contributed by atoms with Gasteiger partial charge in [-0.05, 0) is 30.6 Å². The van der Waals surface area contributed by atoms with Crippen LogP contribution in [0.25, 0.3) is 0 Å². The van der Waals surface area contributed by atoms with Crippen LogP contribution in [0.2, 0.25) is 0 Å². The second kappa shape index (κ2) is 6.12. The third-order valence-corrected chi connectivity index (χ3v) is 6.78. The smallest absolute Gasteiger partial charge is 0.306 e. The Morgan fingerprint density at radius 1 is 1.08 bits per heavy atom. The molecule has 7 atom stereocenters. The zero-order chi connectivity index (χ0) is 16.8. The zero-order valence-electron chi connectivity index (χ0n) is 14.3. The molecular formula is C20H26O4. The molecule has 4 bridgehead atoms. The fourth-order valence-electron chi connectivity index (χ4n) is 5.86. The quantitative estimate of drug-likeness (QED) is 0.312. The summed E-state index contributed by atoms with van der Waals surface area (Å²) in [6.45, 7) is 2.65. The molecule has 4 aliphatic carbocycles. The molecule has 0 spiro atoms. The van der Waals surface area contributed by atoms with Crippen molar-refractivity contribution in [1.29, 1.82) is 0 Å². The normalized spacial score (nSPS) is 41.3. The summed E-state index contributed by atoms with van der Waals surface area (Å²) in [5.74, 6) is 0.780. The number of hydrogen-bond acceptors (Lipinski definition) is 4. The van der Waals surface area contributed by atoms with Crippen LogP contribution in [0.1, 0.15) is 45.4 Å². The molecule has 0 heterocycles. The van der Waals surface area contributed by atoms with Gasteiger partial charge >= 0.3 is 5.97 Å². The zero-order valence-corrected chi connectivity index (χ0v) is 14.3. The van der Waals surface area contributed by atoms with Crippen LogP contribution in [0.4, 0.5) is 0 Å². The molecule has 0 saturated heterocycles. The molecule has 0 N–H and O–H groups in total. The van der Waals surface area contributed by atoms with Gasteiger partial charge in [-0.1, -0.05) is 38.3 Å². The molecule has 3 saturated carbocycles. The standard InChI is InChI=1S/C20H26O4/c1-2-3-4-5-8-24-15(21)10-11-9-14-17-12-6-7-13(19(12)22)18(17)16(11)20(14)23/h6-7,11-14,16-18H,2-5,8-10H2,1H3.